The first-order valence-corrected chi connectivity index (χ1v) is 4.39. The molecule has 0 bridgehead atoms. The lowest BCUT2D eigenvalue weighted by atomic mass is 10.3. The summed E-state index contributed by atoms with van der Waals surface area (Å²) in [6.07, 6.45) is -7.86. The van der Waals surface area contributed by atoms with Crippen molar-refractivity contribution in [1.82, 2.24) is 4.98 Å². The van der Waals surface area contributed by atoms with E-state index in [4.69, 9.17) is 0 Å². The maximum absolute atomic E-state index is 12.8. The van der Waals surface area contributed by atoms with Gasteiger partial charge in [0, 0.05) is 6.20 Å². The highest BCUT2D eigenvalue weighted by molar-refractivity contribution is 9.10. The lowest BCUT2D eigenvalue weighted by molar-refractivity contribution is -0.276. The zero-order chi connectivity index (χ0) is 12.5. The predicted octanol–water partition coefficient (Wildman–Crippen LogP) is 3.82. The summed E-state index contributed by atoms with van der Waals surface area (Å²) in [4.78, 5) is 2.74. The van der Waals surface area contributed by atoms with Gasteiger partial charge in [-0.15, -0.1) is 13.2 Å². The van der Waals surface area contributed by atoms with Gasteiger partial charge >= 0.3 is 6.36 Å². The Bertz CT molecular complexity index is 393. The van der Waals surface area contributed by atoms with Gasteiger partial charge in [-0.1, -0.05) is 0 Å². The molecule has 0 saturated heterocycles. The number of halogens is 7. The van der Waals surface area contributed by atoms with Gasteiger partial charge in [0.15, 0.2) is 5.75 Å². The summed E-state index contributed by atoms with van der Waals surface area (Å²) in [6, 6.07) is 0. The molecule has 0 atom stereocenters. The predicted molar refractivity (Wildman–Crippen MR) is 43.5 cm³/mol. The fourth-order valence-corrected chi connectivity index (χ4v) is 1.34. The second-order valence-corrected chi connectivity index (χ2v) is 3.29. The van der Waals surface area contributed by atoms with Crippen molar-refractivity contribution in [2.24, 2.45) is 0 Å². The maximum Gasteiger partial charge on any atom is 0.573 e. The van der Waals surface area contributed by atoms with Crippen molar-refractivity contribution >= 4 is 15.9 Å². The van der Waals surface area contributed by atoms with Crippen molar-refractivity contribution in [3.63, 3.8) is 0 Å². The molecule has 1 heterocycles. The molecule has 0 fully saturated rings. The number of nitrogens with zero attached hydrogens (tertiary/aromatic N) is 1. The Morgan fingerprint density at radius 3 is 2.31 bits per heavy atom. The van der Waals surface area contributed by atoms with Crippen LogP contribution in [0.2, 0.25) is 0 Å². The number of alkyl halides is 5. The summed E-state index contributed by atoms with van der Waals surface area (Å²) < 4.78 is 75.2. The van der Waals surface area contributed by atoms with Gasteiger partial charge in [0.25, 0.3) is 12.4 Å². The molecular weight excluding hydrogens is 308 g/mol. The zero-order valence-electron chi connectivity index (χ0n) is 7.16. The highest BCUT2D eigenvalue weighted by Gasteiger charge is 2.35. The van der Waals surface area contributed by atoms with Crippen LogP contribution in [0.3, 0.4) is 0 Å². The summed E-state index contributed by atoms with van der Waals surface area (Å²) in [5.74, 6) is -3.04. The molecule has 0 saturated carbocycles. The van der Waals surface area contributed by atoms with Crippen molar-refractivity contribution in [3.05, 3.63) is 22.2 Å². The molecule has 0 radical (unpaired) electrons. The molecule has 0 aliphatic carbocycles. The Labute approximate surface area is 93.4 Å². The molecule has 0 amide bonds. The van der Waals surface area contributed by atoms with E-state index in [0.29, 0.717) is 6.20 Å². The third kappa shape index (κ3) is 3.00. The molecule has 1 rings (SSSR count). The van der Waals surface area contributed by atoms with Crippen molar-refractivity contribution in [3.8, 4) is 5.75 Å². The molecule has 0 aliphatic heterocycles. The van der Waals surface area contributed by atoms with Gasteiger partial charge in [-0.25, -0.2) is 13.8 Å². The van der Waals surface area contributed by atoms with Gasteiger partial charge < -0.3 is 4.74 Å². The van der Waals surface area contributed by atoms with Gasteiger partial charge in [-0.2, -0.15) is 4.39 Å². The first-order valence-electron chi connectivity index (χ1n) is 3.60. The molecule has 1 aromatic heterocycles. The van der Waals surface area contributed by atoms with Crippen LogP contribution in [-0.4, -0.2) is 11.3 Å². The first kappa shape index (κ1) is 13.1. The van der Waals surface area contributed by atoms with E-state index in [1.165, 1.54) is 0 Å². The van der Waals surface area contributed by atoms with Crippen LogP contribution in [0.5, 0.6) is 5.75 Å². The van der Waals surface area contributed by atoms with E-state index in [1.54, 1.807) is 0 Å². The summed E-state index contributed by atoms with van der Waals surface area (Å²) in [6.45, 7) is 0. The van der Waals surface area contributed by atoms with E-state index in [1.807, 2.05) is 0 Å². The lowest BCUT2D eigenvalue weighted by Crippen LogP contribution is -2.19. The standard InChI is InChI=1S/C7H2BrF6NO/c8-3-2(5(9)10)1-15-6(11)4(3)16-7(12,13)14/h1,5H. The van der Waals surface area contributed by atoms with Crippen LogP contribution in [0, 0.1) is 5.95 Å². The number of rotatable bonds is 2. The molecule has 1 aromatic rings. The molecule has 0 spiro atoms. The van der Waals surface area contributed by atoms with E-state index in [-0.39, 0.29) is 0 Å². The fraction of sp³-hybridized carbons (Fsp3) is 0.286. The highest BCUT2D eigenvalue weighted by atomic mass is 79.9. The minimum atomic E-state index is -5.19. The van der Waals surface area contributed by atoms with E-state index in [9.17, 15) is 26.3 Å². The van der Waals surface area contributed by atoms with Crippen LogP contribution in [0.4, 0.5) is 26.3 Å². The fourth-order valence-electron chi connectivity index (χ4n) is 0.818. The molecule has 9 heteroatoms. The van der Waals surface area contributed by atoms with Crippen molar-refractivity contribution in [1.29, 1.82) is 0 Å². The topological polar surface area (TPSA) is 22.1 Å². The van der Waals surface area contributed by atoms with E-state index >= 15 is 0 Å². The molecule has 90 valence electrons. The van der Waals surface area contributed by atoms with Crippen LogP contribution in [0.25, 0.3) is 0 Å². The third-order valence-corrected chi connectivity index (χ3v) is 2.23. The third-order valence-electron chi connectivity index (χ3n) is 1.41. The number of aromatic nitrogens is 1. The summed E-state index contributed by atoms with van der Waals surface area (Å²) >= 11 is 2.40. The van der Waals surface area contributed by atoms with Crippen molar-refractivity contribution < 1.29 is 31.1 Å². The average molecular weight is 310 g/mol. The molecule has 0 aromatic carbocycles. The summed E-state index contributed by atoms with van der Waals surface area (Å²) in [5.41, 5.74) is -0.888. The molecule has 0 aliphatic rings. The normalized spacial score (nSPS) is 12.0. The monoisotopic (exact) mass is 309 g/mol. The first-order chi connectivity index (χ1) is 7.22. The zero-order valence-corrected chi connectivity index (χ0v) is 8.74. The second-order valence-electron chi connectivity index (χ2n) is 2.50. The number of ether oxygens (including phenoxy) is 1. The number of hydrogen-bond donors (Lipinski definition) is 0. The van der Waals surface area contributed by atoms with Crippen LogP contribution >= 0.6 is 15.9 Å². The molecule has 0 unspecified atom stereocenters. The van der Waals surface area contributed by atoms with Crippen molar-refractivity contribution in [2.75, 3.05) is 0 Å². The quantitative estimate of drug-likeness (QED) is 0.612. The SMILES string of the molecule is Fc1ncc(C(F)F)c(Br)c1OC(F)(F)F. The maximum atomic E-state index is 12.8. The largest absolute Gasteiger partial charge is 0.573 e. The van der Waals surface area contributed by atoms with Crippen LogP contribution in [0.15, 0.2) is 10.7 Å². The molecule has 16 heavy (non-hydrogen) atoms. The second kappa shape index (κ2) is 4.48. The average Bonchev–Trinajstić information content (AvgIpc) is 2.10. The Morgan fingerprint density at radius 1 is 1.31 bits per heavy atom. The van der Waals surface area contributed by atoms with Gasteiger partial charge in [0.05, 0.1) is 10.0 Å². The van der Waals surface area contributed by atoms with Gasteiger partial charge in [0.2, 0.25) is 0 Å². The Kier molecular flexibility index (Phi) is 3.66. The van der Waals surface area contributed by atoms with E-state index < -0.39 is 34.5 Å². The summed E-state index contributed by atoms with van der Waals surface area (Å²) in [7, 11) is 0. The Hall–Kier alpha value is -0.990. The van der Waals surface area contributed by atoms with E-state index in [2.05, 4.69) is 25.7 Å². The summed E-state index contributed by atoms with van der Waals surface area (Å²) in [5, 5.41) is 0. The smallest absolute Gasteiger partial charge is 0.400 e. The van der Waals surface area contributed by atoms with Gasteiger partial charge in [-0.05, 0) is 15.9 Å². The number of hydrogen-bond acceptors (Lipinski definition) is 2. The van der Waals surface area contributed by atoms with Crippen molar-refractivity contribution in [2.45, 2.75) is 12.8 Å². The minimum absolute atomic E-state index is 0.424. The highest BCUT2D eigenvalue weighted by Crippen LogP contribution is 2.37. The molecular formula is C7H2BrF6NO. The minimum Gasteiger partial charge on any atom is -0.400 e. The molecule has 2 nitrogen and oxygen atoms in total. The van der Waals surface area contributed by atoms with E-state index in [0.717, 1.165) is 0 Å². The molecule has 0 N–H and O–H groups in total. The van der Waals surface area contributed by atoms with Crippen LogP contribution < -0.4 is 4.74 Å². The lowest BCUT2D eigenvalue weighted by Gasteiger charge is -2.12. The Balaban J connectivity index is 3.21. The van der Waals surface area contributed by atoms with Crippen LogP contribution in [0.1, 0.15) is 12.0 Å². The van der Waals surface area contributed by atoms with Crippen LogP contribution in [-0.2, 0) is 0 Å². The Morgan fingerprint density at radius 2 is 1.88 bits per heavy atom. The number of pyridine rings is 1. The van der Waals surface area contributed by atoms with Gasteiger partial charge in [-0.3, -0.25) is 0 Å². The van der Waals surface area contributed by atoms with Gasteiger partial charge in [0.1, 0.15) is 0 Å².